The van der Waals surface area contributed by atoms with Crippen LogP contribution in [0.4, 0.5) is 0 Å². The molecular formula is C12H11ClN2O3. The van der Waals surface area contributed by atoms with E-state index in [0.29, 0.717) is 16.5 Å². The van der Waals surface area contributed by atoms with E-state index in [0.717, 1.165) is 0 Å². The maximum Gasteiger partial charge on any atom is 0.253 e. The van der Waals surface area contributed by atoms with Gasteiger partial charge in [-0.2, -0.15) is 0 Å². The molecule has 1 amide bonds. The van der Waals surface area contributed by atoms with Crippen LogP contribution in [-0.2, 0) is 0 Å². The van der Waals surface area contributed by atoms with Gasteiger partial charge in [0.15, 0.2) is 0 Å². The normalized spacial score (nSPS) is 12.1. The van der Waals surface area contributed by atoms with Crippen molar-refractivity contribution in [1.82, 2.24) is 10.3 Å². The molecule has 0 fully saturated rings. The van der Waals surface area contributed by atoms with Crippen molar-refractivity contribution in [1.29, 1.82) is 0 Å². The number of nitrogens with one attached hydrogen (secondary N) is 1. The molecule has 0 radical (unpaired) electrons. The van der Waals surface area contributed by atoms with Crippen LogP contribution < -0.4 is 5.32 Å². The molecule has 0 spiro atoms. The number of halogens is 1. The number of aliphatic hydroxyl groups is 1. The molecule has 0 aliphatic heterocycles. The van der Waals surface area contributed by atoms with Crippen LogP contribution in [0, 0.1) is 0 Å². The molecule has 2 heterocycles. The van der Waals surface area contributed by atoms with Gasteiger partial charge in [-0.25, -0.2) is 4.98 Å². The lowest BCUT2D eigenvalue weighted by molar-refractivity contribution is 0.0907. The molecule has 18 heavy (non-hydrogen) atoms. The number of furan rings is 1. The third-order valence-electron chi connectivity index (χ3n) is 2.36. The fourth-order valence-corrected chi connectivity index (χ4v) is 1.56. The van der Waals surface area contributed by atoms with Crippen molar-refractivity contribution >= 4 is 17.5 Å². The van der Waals surface area contributed by atoms with Gasteiger partial charge in [-0.3, -0.25) is 4.79 Å². The average Bonchev–Trinajstić information content (AvgIpc) is 2.90. The Morgan fingerprint density at radius 2 is 2.33 bits per heavy atom. The highest BCUT2D eigenvalue weighted by atomic mass is 35.5. The zero-order valence-corrected chi connectivity index (χ0v) is 10.1. The van der Waals surface area contributed by atoms with Gasteiger partial charge in [-0.05, 0) is 24.3 Å². The number of aromatic nitrogens is 1. The van der Waals surface area contributed by atoms with Gasteiger partial charge in [0.1, 0.15) is 17.0 Å². The summed E-state index contributed by atoms with van der Waals surface area (Å²) in [6, 6.07) is 5.87. The minimum Gasteiger partial charge on any atom is -0.467 e. The maximum absolute atomic E-state index is 11.9. The number of pyridine rings is 1. The lowest BCUT2D eigenvalue weighted by Gasteiger charge is -2.13. The van der Waals surface area contributed by atoms with Crippen LogP contribution in [0.1, 0.15) is 22.2 Å². The van der Waals surface area contributed by atoms with Crippen LogP contribution >= 0.6 is 11.6 Å². The Morgan fingerprint density at radius 3 is 2.89 bits per heavy atom. The second-order valence-electron chi connectivity index (χ2n) is 3.59. The number of carbonyl (C=O) groups excluding carboxylic acids is 1. The summed E-state index contributed by atoms with van der Waals surface area (Å²) >= 11 is 5.63. The molecule has 0 bridgehead atoms. The number of carbonyl (C=O) groups is 1. The Balaban J connectivity index is 2.08. The first-order chi connectivity index (χ1) is 8.70. The summed E-state index contributed by atoms with van der Waals surface area (Å²) in [5.41, 5.74) is 0.365. The molecule has 0 aromatic carbocycles. The molecule has 1 unspecified atom stereocenters. The van der Waals surface area contributed by atoms with Gasteiger partial charge in [0.25, 0.3) is 5.91 Å². The fourth-order valence-electron chi connectivity index (χ4n) is 1.45. The number of rotatable bonds is 4. The lowest BCUT2D eigenvalue weighted by Crippen LogP contribution is -2.30. The molecule has 2 N–H and O–H groups in total. The van der Waals surface area contributed by atoms with E-state index in [9.17, 15) is 9.90 Å². The van der Waals surface area contributed by atoms with Gasteiger partial charge in [0.2, 0.25) is 0 Å². The van der Waals surface area contributed by atoms with E-state index < -0.39 is 6.04 Å². The van der Waals surface area contributed by atoms with Crippen molar-refractivity contribution in [2.45, 2.75) is 6.04 Å². The van der Waals surface area contributed by atoms with Gasteiger partial charge in [0, 0.05) is 6.20 Å². The number of aliphatic hydroxyl groups excluding tert-OH is 1. The predicted molar refractivity (Wildman–Crippen MR) is 65.2 cm³/mol. The van der Waals surface area contributed by atoms with Gasteiger partial charge in [-0.1, -0.05) is 11.6 Å². The van der Waals surface area contributed by atoms with Gasteiger partial charge in [-0.15, -0.1) is 0 Å². The number of amides is 1. The van der Waals surface area contributed by atoms with Crippen LogP contribution in [0.15, 0.2) is 41.1 Å². The molecule has 2 aromatic heterocycles. The Labute approximate surface area is 108 Å². The first kappa shape index (κ1) is 12.6. The molecule has 1 atom stereocenters. The molecule has 6 heteroatoms. The Kier molecular flexibility index (Phi) is 3.96. The standard InChI is InChI=1S/C12H11ClN2O3/c13-11-4-3-8(6-14-11)12(17)15-9(7-16)10-2-1-5-18-10/h1-6,9,16H,7H2,(H,15,17). The Morgan fingerprint density at radius 1 is 1.50 bits per heavy atom. The Bertz CT molecular complexity index is 511. The molecule has 2 rings (SSSR count). The molecule has 0 saturated carbocycles. The minimum absolute atomic E-state index is 0.250. The monoisotopic (exact) mass is 266 g/mol. The summed E-state index contributed by atoms with van der Waals surface area (Å²) in [6.45, 7) is -0.250. The van der Waals surface area contributed by atoms with E-state index in [4.69, 9.17) is 16.0 Å². The van der Waals surface area contributed by atoms with Crippen LogP contribution in [0.5, 0.6) is 0 Å². The van der Waals surface area contributed by atoms with Crippen LogP contribution in [0.25, 0.3) is 0 Å². The highest BCUT2D eigenvalue weighted by Gasteiger charge is 2.17. The molecule has 2 aromatic rings. The number of hydrogen-bond acceptors (Lipinski definition) is 4. The van der Waals surface area contributed by atoms with Crippen LogP contribution in [-0.4, -0.2) is 22.6 Å². The zero-order chi connectivity index (χ0) is 13.0. The van der Waals surface area contributed by atoms with Crippen molar-refractivity contribution in [3.05, 3.63) is 53.2 Å². The largest absolute Gasteiger partial charge is 0.467 e. The quantitative estimate of drug-likeness (QED) is 0.828. The summed E-state index contributed by atoms with van der Waals surface area (Å²) < 4.78 is 5.13. The SMILES string of the molecule is O=C(NC(CO)c1ccco1)c1ccc(Cl)nc1. The maximum atomic E-state index is 11.9. The van der Waals surface area contributed by atoms with Crippen molar-refractivity contribution in [3.8, 4) is 0 Å². The van der Waals surface area contributed by atoms with Crippen molar-refractivity contribution in [2.24, 2.45) is 0 Å². The second kappa shape index (κ2) is 5.66. The van der Waals surface area contributed by atoms with Crippen molar-refractivity contribution < 1.29 is 14.3 Å². The zero-order valence-electron chi connectivity index (χ0n) is 9.34. The van der Waals surface area contributed by atoms with Crippen LogP contribution in [0.3, 0.4) is 0 Å². The summed E-state index contributed by atoms with van der Waals surface area (Å²) in [5, 5.41) is 12.2. The topological polar surface area (TPSA) is 75.4 Å². The number of nitrogens with zero attached hydrogens (tertiary/aromatic N) is 1. The number of hydrogen-bond donors (Lipinski definition) is 2. The van der Waals surface area contributed by atoms with Gasteiger partial charge in [0.05, 0.1) is 18.4 Å². The van der Waals surface area contributed by atoms with E-state index in [2.05, 4.69) is 10.3 Å². The molecule has 94 valence electrons. The lowest BCUT2D eigenvalue weighted by atomic mass is 10.2. The summed E-state index contributed by atoms with van der Waals surface area (Å²) in [6.07, 6.45) is 2.85. The van der Waals surface area contributed by atoms with Crippen LogP contribution in [0.2, 0.25) is 5.15 Å². The molecule has 0 saturated heterocycles. The summed E-state index contributed by atoms with van der Waals surface area (Å²) in [7, 11) is 0. The second-order valence-corrected chi connectivity index (χ2v) is 3.98. The van der Waals surface area contributed by atoms with Gasteiger partial charge < -0.3 is 14.8 Å². The summed E-state index contributed by atoms with van der Waals surface area (Å²) in [5.74, 6) is 0.141. The third kappa shape index (κ3) is 2.88. The molecule has 0 aliphatic carbocycles. The smallest absolute Gasteiger partial charge is 0.253 e. The van der Waals surface area contributed by atoms with E-state index in [1.54, 1.807) is 18.2 Å². The Hall–Kier alpha value is -1.85. The first-order valence-electron chi connectivity index (χ1n) is 5.27. The highest BCUT2D eigenvalue weighted by Crippen LogP contribution is 2.14. The van der Waals surface area contributed by atoms with Crippen molar-refractivity contribution in [3.63, 3.8) is 0 Å². The van der Waals surface area contributed by atoms with E-state index >= 15 is 0 Å². The first-order valence-corrected chi connectivity index (χ1v) is 5.65. The van der Waals surface area contributed by atoms with Gasteiger partial charge >= 0.3 is 0 Å². The van der Waals surface area contributed by atoms with E-state index in [1.165, 1.54) is 18.5 Å². The minimum atomic E-state index is -0.580. The average molecular weight is 267 g/mol. The molecule has 5 nitrogen and oxygen atoms in total. The highest BCUT2D eigenvalue weighted by molar-refractivity contribution is 6.29. The van der Waals surface area contributed by atoms with E-state index in [1.807, 2.05) is 0 Å². The van der Waals surface area contributed by atoms with Crippen molar-refractivity contribution in [2.75, 3.05) is 6.61 Å². The fraction of sp³-hybridized carbons (Fsp3) is 0.167. The summed E-state index contributed by atoms with van der Waals surface area (Å²) in [4.78, 5) is 15.7. The molecule has 0 aliphatic rings. The van der Waals surface area contributed by atoms with E-state index in [-0.39, 0.29) is 12.5 Å². The predicted octanol–water partition coefficient (Wildman–Crippen LogP) is 1.79. The third-order valence-corrected chi connectivity index (χ3v) is 2.59. The molecular weight excluding hydrogens is 256 g/mol.